The summed E-state index contributed by atoms with van der Waals surface area (Å²) in [4.78, 5) is 16.7. The molecular formula is C19H11Cl2N3O. The molecule has 0 fully saturated rings. The van der Waals surface area contributed by atoms with Crippen LogP contribution in [-0.2, 0) is 0 Å². The van der Waals surface area contributed by atoms with Gasteiger partial charge in [-0.15, -0.1) is 0 Å². The summed E-state index contributed by atoms with van der Waals surface area (Å²) in [6.07, 6.45) is 4.27. The second-order valence-electron chi connectivity index (χ2n) is 4.96. The largest absolute Gasteiger partial charge is 0.287 e. The number of benzene rings is 2. The van der Waals surface area contributed by atoms with Gasteiger partial charge in [0, 0.05) is 22.2 Å². The second kappa shape index (κ2) is 7.80. The van der Waals surface area contributed by atoms with E-state index < -0.39 is 0 Å². The Morgan fingerprint density at radius 1 is 1.12 bits per heavy atom. The van der Waals surface area contributed by atoms with E-state index >= 15 is 0 Å². The molecule has 3 rings (SSSR count). The third kappa shape index (κ3) is 4.16. The van der Waals surface area contributed by atoms with E-state index in [9.17, 15) is 4.79 Å². The van der Waals surface area contributed by atoms with Gasteiger partial charge in [0.1, 0.15) is 18.4 Å². The quantitative estimate of drug-likeness (QED) is 0.392. The lowest BCUT2D eigenvalue weighted by Crippen LogP contribution is -2.10. The van der Waals surface area contributed by atoms with E-state index in [-0.39, 0.29) is 16.5 Å². The molecule has 1 aromatic heterocycles. The maximum atomic E-state index is 12.9. The zero-order chi connectivity index (χ0) is 17.6. The average molecular weight is 368 g/mol. The van der Waals surface area contributed by atoms with E-state index in [0.29, 0.717) is 10.6 Å². The van der Waals surface area contributed by atoms with Gasteiger partial charge < -0.3 is 0 Å². The summed E-state index contributed by atoms with van der Waals surface area (Å²) in [7, 11) is 0. The molecule has 0 radical (unpaired) electrons. The van der Waals surface area contributed by atoms with Gasteiger partial charge >= 0.3 is 0 Å². The van der Waals surface area contributed by atoms with Gasteiger partial charge in [-0.3, -0.25) is 4.79 Å². The first-order valence-corrected chi connectivity index (χ1v) is 8.02. The number of Topliss-reactive ketones (excluding diaryl/α,β-unsaturated/α-hetero) is 1. The Morgan fingerprint density at radius 3 is 2.60 bits per heavy atom. The van der Waals surface area contributed by atoms with Gasteiger partial charge in [-0.1, -0.05) is 53.2 Å². The first kappa shape index (κ1) is 17.0. The van der Waals surface area contributed by atoms with E-state index in [4.69, 9.17) is 23.2 Å². The van der Waals surface area contributed by atoms with Crippen LogP contribution in [0.15, 0.2) is 67.3 Å². The summed E-state index contributed by atoms with van der Waals surface area (Å²) in [6.45, 7) is 0. The van der Waals surface area contributed by atoms with E-state index in [1.54, 1.807) is 12.1 Å². The number of hydrogen-bond acceptors (Lipinski definition) is 3. The molecule has 2 aromatic carbocycles. The van der Waals surface area contributed by atoms with Crippen molar-refractivity contribution in [1.82, 2.24) is 14.8 Å². The van der Waals surface area contributed by atoms with Crippen molar-refractivity contribution in [3.05, 3.63) is 88.4 Å². The monoisotopic (exact) mass is 367 g/mol. The Bertz CT molecular complexity index is 985. The summed E-state index contributed by atoms with van der Waals surface area (Å²) in [5, 5.41) is 4.73. The number of halogens is 2. The standard InChI is InChI=1S/C19H11Cl2N3O/c20-15-9-10-16(17(21)11-15)19(25)18(24-13-22-12-23-24)8-4-7-14-5-2-1-3-6-14/h1-3,5-6,8-13H. The minimum atomic E-state index is -0.325. The summed E-state index contributed by atoms with van der Waals surface area (Å²) in [5.74, 6) is 5.53. The topological polar surface area (TPSA) is 47.8 Å². The number of hydrogen-bond donors (Lipinski definition) is 0. The van der Waals surface area contributed by atoms with Crippen LogP contribution in [0.3, 0.4) is 0 Å². The van der Waals surface area contributed by atoms with Crippen molar-refractivity contribution in [3.8, 4) is 11.8 Å². The van der Waals surface area contributed by atoms with E-state index in [1.165, 1.54) is 29.5 Å². The first-order chi connectivity index (χ1) is 12.1. The maximum absolute atomic E-state index is 12.9. The molecule has 0 bridgehead atoms. The zero-order valence-corrected chi connectivity index (χ0v) is 14.4. The Hall–Kier alpha value is -2.87. The van der Waals surface area contributed by atoms with Crippen molar-refractivity contribution in [1.29, 1.82) is 0 Å². The molecule has 0 amide bonds. The van der Waals surface area contributed by atoms with Gasteiger partial charge in [0.25, 0.3) is 0 Å². The predicted octanol–water partition coefficient (Wildman–Crippen LogP) is 4.36. The van der Waals surface area contributed by atoms with Crippen LogP contribution in [0.2, 0.25) is 10.0 Å². The van der Waals surface area contributed by atoms with Crippen LogP contribution >= 0.6 is 23.2 Å². The lowest BCUT2D eigenvalue weighted by molar-refractivity contribution is 0.105. The SMILES string of the molecule is O=C(C(=CC#Cc1ccccc1)n1cncn1)c1ccc(Cl)cc1Cl. The van der Waals surface area contributed by atoms with Crippen molar-refractivity contribution in [2.75, 3.05) is 0 Å². The fraction of sp³-hybridized carbons (Fsp3) is 0. The number of carbonyl (C=O) groups excluding carboxylic acids is 1. The van der Waals surface area contributed by atoms with Crippen molar-refractivity contribution in [3.63, 3.8) is 0 Å². The lowest BCUT2D eigenvalue weighted by atomic mass is 10.1. The Labute approximate surface area is 154 Å². The van der Waals surface area contributed by atoms with Crippen molar-refractivity contribution < 1.29 is 4.79 Å². The number of nitrogens with zero attached hydrogens (tertiary/aromatic N) is 3. The molecule has 25 heavy (non-hydrogen) atoms. The maximum Gasteiger partial charge on any atom is 0.213 e. The third-order valence-corrected chi connectivity index (χ3v) is 3.82. The summed E-state index contributed by atoms with van der Waals surface area (Å²) < 4.78 is 1.35. The van der Waals surface area contributed by atoms with E-state index in [0.717, 1.165) is 5.56 Å². The Morgan fingerprint density at radius 2 is 1.92 bits per heavy atom. The molecular weight excluding hydrogens is 357 g/mol. The van der Waals surface area contributed by atoms with E-state index in [1.807, 2.05) is 30.3 Å². The highest BCUT2D eigenvalue weighted by atomic mass is 35.5. The molecule has 0 aliphatic heterocycles. The summed E-state index contributed by atoms with van der Waals surface area (Å²) in [6, 6.07) is 14.2. The molecule has 0 saturated carbocycles. The van der Waals surface area contributed by atoms with Gasteiger partial charge in [0.15, 0.2) is 0 Å². The van der Waals surface area contributed by atoms with Crippen LogP contribution in [0.5, 0.6) is 0 Å². The van der Waals surface area contributed by atoms with Crippen molar-refractivity contribution in [2.45, 2.75) is 0 Å². The molecule has 0 aliphatic rings. The van der Waals surface area contributed by atoms with E-state index in [2.05, 4.69) is 21.9 Å². The Balaban J connectivity index is 2.00. The van der Waals surface area contributed by atoms with Crippen LogP contribution in [0.4, 0.5) is 0 Å². The molecule has 4 nitrogen and oxygen atoms in total. The van der Waals surface area contributed by atoms with Gasteiger partial charge in [0.2, 0.25) is 5.78 Å². The van der Waals surface area contributed by atoms with Gasteiger partial charge in [-0.2, -0.15) is 5.10 Å². The van der Waals surface area contributed by atoms with Crippen LogP contribution in [0.25, 0.3) is 5.70 Å². The normalized spacial score (nSPS) is 10.9. The van der Waals surface area contributed by atoms with Gasteiger partial charge in [-0.25, -0.2) is 9.67 Å². The highest BCUT2D eigenvalue weighted by Crippen LogP contribution is 2.24. The van der Waals surface area contributed by atoms with Crippen LogP contribution in [-0.4, -0.2) is 20.5 Å². The minimum Gasteiger partial charge on any atom is -0.287 e. The molecule has 0 spiro atoms. The average Bonchev–Trinajstić information content (AvgIpc) is 3.13. The molecule has 122 valence electrons. The molecule has 0 unspecified atom stereocenters. The smallest absolute Gasteiger partial charge is 0.213 e. The number of rotatable bonds is 3. The molecule has 0 N–H and O–H groups in total. The molecule has 6 heteroatoms. The van der Waals surface area contributed by atoms with Crippen LogP contribution < -0.4 is 0 Å². The summed E-state index contributed by atoms with van der Waals surface area (Å²) >= 11 is 12.0. The third-order valence-electron chi connectivity index (χ3n) is 3.27. The predicted molar refractivity (Wildman–Crippen MR) is 98.4 cm³/mol. The molecule has 0 atom stereocenters. The second-order valence-corrected chi connectivity index (χ2v) is 5.80. The van der Waals surface area contributed by atoms with Gasteiger partial charge in [-0.05, 0) is 30.3 Å². The molecule has 0 saturated heterocycles. The highest BCUT2D eigenvalue weighted by Gasteiger charge is 2.17. The highest BCUT2D eigenvalue weighted by molar-refractivity contribution is 6.39. The fourth-order valence-corrected chi connectivity index (χ4v) is 2.58. The van der Waals surface area contributed by atoms with Gasteiger partial charge in [0.05, 0.1) is 5.02 Å². The first-order valence-electron chi connectivity index (χ1n) is 7.26. The number of ketones is 1. The minimum absolute atomic E-state index is 0.241. The van der Waals surface area contributed by atoms with Crippen molar-refractivity contribution >= 4 is 34.7 Å². The van der Waals surface area contributed by atoms with Crippen LogP contribution in [0.1, 0.15) is 15.9 Å². The number of carbonyl (C=O) groups is 1. The number of allylic oxidation sites excluding steroid dienone is 2. The molecule has 3 aromatic rings. The molecule has 1 heterocycles. The fourth-order valence-electron chi connectivity index (χ4n) is 2.09. The van der Waals surface area contributed by atoms with Crippen molar-refractivity contribution in [2.24, 2.45) is 0 Å². The zero-order valence-electron chi connectivity index (χ0n) is 12.9. The van der Waals surface area contributed by atoms with Crippen LogP contribution in [0, 0.1) is 11.8 Å². The Kier molecular flexibility index (Phi) is 5.30. The lowest BCUT2D eigenvalue weighted by Gasteiger charge is -2.07. The number of aromatic nitrogens is 3. The molecule has 0 aliphatic carbocycles. The summed E-state index contributed by atoms with van der Waals surface area (Å²) in [5.41, 5.74) is 1.40.